The van der Waals surface area contributed by atoms with Crippen LogP contribution in [0.1, 0.15) is 47.8 Å². The van der Waals surface area contributed by atoms with Crippen molar-refractivity contribution in [2.45, 2.75) is 32.8 Å². The molecule has 5 heteroatoms. The predicted molar refractivity (Wildman–Crippen MR) is 120 cm³/mol. The number of allylic oxidation sites excluding steroid dienone is 1. The van der Waals surface area contributed by atoms with Crippen molar-refractivity contribution >= 4 is 23.5 Å². The van der Waals surface area contributed by atoms with Gasteiger partial charge in [-0.15, -0.1) is 0 Å². The maximum Gasteiger partial charge on any atom is 0.231 e. The number of halogens is 2. The number of carbonyl (C=O) groups is 1. The second-order valence-electron chi connectivity index (χ2n) is 8.49. The first-order valence-corrected chi connectivity index (χ1v) is 10.3. The fraction of sp³-hybridized carbons (Fsp3) is 0.192. The molecule has 4 rings (SSSR count). The first-order chi connectivity index (χ1) is 14.7. The normalized spacial score (nSPS) is 14.5. The lowest BCUT2D eigenvalue weighted by Crippen LogP contribution is -2.10. The average Bonchev–Trinajstić information content (AvgIpc) is 3.02. The van der Waals surface area contributed by atoms with Crippen LogP contribution < -0.4 is 9.47 Å². The van der Waals surface area contributed by atoms with Crippen molar-refractivity contribution in [2.24, 2.45) is 0 Å². The number of hydrogen-bond acceptors (Lipinski definition) is 3. The lowest BCUT2D eigenvalue weighted by atomic mass is 9.86. The van der Waals surface area contributed by atoms with Crippen molar-refractivity contribution in [3.05, 3.63) is 99.5 Å². The fourth-order valence-corrected chi connectivity index (χ4v) is 3.51. The van der Waals surface area contributed by atoms with Crippen molar-refractivity contribution < 1.29 is 18.7 Å². The topological polar surface area (TPSA) is 35.5 Å². The van der Waals surface area contributed by atoms with E-state index >= 15 is 0 Å². The lowest BCUT2D eigenvalue weighted by Gasteiger charge is -2.18. The Hall–Kier alpha value is -3.11. The zero-order chi connectivity index (χ0) is 22.2. The third kappa shape index (κ3) is 4.64. The van der Waals surface area contributed by atoms with Crippen molar-refractivity contribution in [1.29, 1.82) is 0 Å². The Morgan fingerprint density at radius 2 is 1.77 bits per heavy atom. The number of Topliss-reactive ketones (excluding diaryl/α,β-unsaturated/α-hetero) is 1. The maximum absolute atomic E-state index is 13.2. The van der Waals surface area contributed by atoms with Crippen LogP contribution in [-0.2, 0) is 12.0 Å². The number of rotatable bonds is 4. The molecule has 0 amide bonds. The van der Waals surface area contributed by atoms with Crippen LogP contribution in [0.4, 0.5) is 4.39 Å². The van der Waals surface area contributed by atoms with E-state index in [1.54, 1.807) is 30.3 Å². The summed E-state index contributed by atoms with van der Waals surface area (Å²) in [4.78, 5) is 12.7. The van der Waals surface area contributed by atoms with Gasteiger partial charge in [0.1, 0.15) is 23.9 Å². The molecule has 0 atom stereocenters. The average molecular weight is 437 g/mol. The predicted octanol–water partition coefficient (Wildman–Crippen LogP) is 6.97. The quantitative estimate of drug-likeness (QED) is 0.414. The molecule has 158 valence electrons. The molecule has 0 radical (unpaired) electrons. The minimum Gasteiger partial charge on any atom is -0.489 e. The van der Waals surface area contributed by atoms with Crippen LogP contribution in [0.2, 0.25) is 5.02 Å². The van der Waals surface area contributed by atoms with Gasteiger partial charge in [0.2, 0.25) is 5.78 Å². The lowest BCUT2D eigenvalue weighted by molar-refractivity contribution is 0.101. The molecule has 0 fully saturated rings. The number of benzene rings is 3. The summed E-state index contributed by atoms with van der Waals surface area (Å²) < 4.78 is 24.7. The molecule has 3 aromatic rings. The second-order valence-corrected chi connectivity index (χ2v) is 8.90. The van der Waals surface area contributed by atoms with E-state index < -0.39 is 5.82 Å². The Balaban J connectivity index is 1.49. The molecule has 3 nitrogen and oxygen atoms in total. The number of carbonyl (C=O) groups excluding carboxylic acids is 1. The molecular formula is C26H22ClFO3. The largest absolute Gasteiger partial charge is 0.489 e. The van der Waals surface area contributed by atoms with Crippen molar-refractivity contribution in [2.75, 3.05) is 0 Å². The molecule has 1 aliphatic rings. The van der Waals surface area contributed by atoms with Crippen molar-refractivity contribution in [3.8, 4) is 11.5 Å². The molecule has 0 spiro atoms. The summed E-state index contributed by atoms with van der Waals surface area (Å²) in [5.41, 5.74) is 3.34. The summed E-state index contributed by atoms with van der Waals surface area (Å²) in [6.07, 6.45) is 1.74. The van der Waals surface area contributed by atoms with Gasteiger partial charge in [0.15, 0.2) is 5.76 Å². The number of ketones is 1. The third-order valence-electron chi connectivity index (χ3n) is 5.13. The van der Waals surface area contributed by atoms with E-state index in [-0.39, 0.29) is 23.6 Å². The fourth-order valence-electron chi connectivity index (χ4n) is 3.29. The second kappa shape index (κ2) is 8.20. The SMILES string of the molecule is CC(C)(C)c1ccc(C=C2Oc3cc(OCc4ccc(F)cc4Cl)ccc3C2=O)cc1. The summed E-state index contributed by atoms with van der Waals surface area (Å²) in [7, 11) is 0. The van der Waals surface area contributed by atoms with Gasteiger partial charge in [0.05, 0.1) is 10.6 Å². The highest BCUT2D eigenvalue weighted by atomic mass is 35.5. The monoisotopic (exact) mass is 436 g/mol. The van der Waals surface area contributed by atoms with Gasteiger partial charge in [0.25, 0.3) is 0 Å². The highest BCUT2D eigenvalue weighted by molar-refractivity contribution is 6.31. The number of hydrogen-bond donors (Lipinski definition) is 0. The van der Waals surface area contributed by atoms with E-state index in [1.807, 2.05) is 12.1 Å². The molecule has 0 aliphatic carbocycles. The molecule has 0 unspecified atom stereocenters. The molecule has 0 saturated carbocycles. The van der Waals surface area contributed by atoms with Crippen LogP contribution in [0, 0.1) is 5.82 Å². The Morgan fingerprint density at radius 3 is 2.45 bits per heavy atom. The van der Waals surface area contributed by atoms with Gasteiger partial charge in [-0.05, 0) is 46.9 Å². The standard InChI is InChI=1S/C26H22ClFO3/c1-26(2,3)18-7-4-16(5-8-18)12-24-25(29)21-11-10-20(14-23(21)31-24)30-15-17-6-9-19(28)13-22(17)27/h4-14H,15H2,1-3H3. The molecule has 0 aromatic heterocycles. The number of ether oxygens (including phenoxy) is 2. The van der Waals surface area contributed by atoms with Gasteiger partial charge >= 0.3 is 0 Å². The third-order valence-corrected chi connectivity index (χ3v) is 5.48. The first-order valence-electron chi connectivity index (χ1n) is 9.96. The van der Waals surface area contributed by atoms with E-state index in [2.05, 4.69) is 32.9 Å². The van der Waals surface area contributed by atoms with Crippen LogP contribution in [0.5, 0.6) is 11.5 Å². The van der Waals surface area contributed by atoms with E-state index in [1.165, 1.54) is 17.7 Å². The summed E-state index contributed by atoms with van der Waals surface area (Å²) >= 11 is 6.04. The minimum atomic E-state index is -0.398. The molecule has 31 heavy (non-hydrogen) atoms. The first kappa shape index (κ1) is 21.1. The van der Waals surface area contributed by atoms with E-state index in [9.17, 15) is 9.18 Å². The Kier molecular flexibility index (Phi) is 5.59. The minimum absolute atomic E-state index is 0.0656. The van der Waals surface area contributed by atoms with Crippen LogP contribution >= 0.6 is 11.6 Å². The zero-order valence-electron chi connectivity index (χ0n) is 17.5. The van der Waals surface area contributed by atoms with Crippen LogP contribution in [-0.4, -0.2) is 5.78 Å². The maximum atomic E-state index is 13.2. The Morgan fingerprint density at radius 1 is 1.03 bits per heavy atom. The van der Waals surface area contributed by atoms with Crippen molar-refractivity contribution in [3.63, 3.8) is 0 Å². The molecule has 3 aromatic carbocycles. The number of fused-ring (bicyclic) bond motifs is 1. The van der Waals surface area contributed by atoms with E-state index in [0.29, 0.717) is 27.6 Å². The molecule has 0 saturated heterocycles. The molecule has 0 bridgehead atoms. The van der Waals surface area contributed by atoms with Crippen LogP contribution in [0.15, 0.2) is 66.4 Å². The van der Waals surface area contributed by atoms with Gasteiger partial charge in [-0.2, -0.15) is 0 Å². The summed E-state index contributed by atoms with van der Waals surface area (Å²) in [6.45, 7) is 6.65. The van der Waals surface area contributed by atoms with Crippen LogP contribution in [0.3, 0.4) is 0 Å². The van der Waals surface area contributed by atoms with Gasteiger partial charge < -0.3 is 9.47 Å². The highest BCUT2D eigenvalue weighted by Crippen LogP contribution is 2.35. The molecule has 0 N–H and O–H groups in total. The van der Waals surface area contributed by atoms with Gasteiger partial charge in [-0.3, -0.25) is 4.79 Å². The van der Waals surface area contributed by atoms with E-state index in [4.69, 9.17) is 21.1 Å². The highest BCUT2D eigenvalue weighted by Gasteiger charge is 2.27. The van der Waals surface area contributed by atoms with Crippen molar-refractivity contribution in [1.82, 2.24) is 0 Å². The van der Waals surface area contributed by atoms with Gasteiger partial charge in [-0.1, -0.05) is 62.7 Å². The Labute approximate surface area is 186 Å². The molecule has 1 heterocycles. The summed E-state index contributed by atoms with van der Waals surface area (Å²) in [5.74, 6) is 0.693. The van der Waals surface area contributed by atoms with Crippen LogP contribution in [0.25, 0.3) is 6.08 Å². The molecular weight excluding hydrogens is 415 g/mol. The summed E-state index contributed by atoms with van der Waals surface area (Å²) in [5, 5.41) is 0.301. The Bertz CT molecular complexity index is 1170. The smallest absolute Gasteiger partial charge is 0.231 e. The molecule has 1 aliphatic heterocycles. The summed E-state index contributed by atoms with van der Waals surface area (Å²) in [6, 6.07) is 17.3. The van der Waals surface area contributed by atoms with Gasteiger partial charge in [-0.25, -0.2) is 4.39 Å². The zero-order valence-corrected chi connectivity index (χ0v) is 18.3. The van der Waals surface area contributed by atoms with Gasteiger partial charge in [0, 0.05) is 11.6 Å². The van der Waals surface area contributed by atoms with E-state index in [0.717, 1.165) is 5.56 Å².